The fourth-order valence-corrected chi connectivity index (χ4v) is 0. The first-order valence-electron chi connectivity index (χ1n) is 1.09. The van der Waals surface area contributed by atoms with E-state index in [1.807, 2.05) is 0 Å². The van der Waals surface area contributed by atoms with E-state index in [1.54, 1.807) is 0 Å². The normalized spacial score (nSPS) is 7.80. The minimum absolute atomic E-state index is 0. The third-order valence-corrected chi connectivity index (χ3v) is 0. The summed E-state index contributed by atoms with van der Waals surface area (Å²) in [6.45, 7) is 0. The van der Waals surface area contributed by atoms with Gasteiger partial charge >= 0.3 is 29.6 Å². The Balaban J connectivity index is 0. The van der Waals surface area contributed by atoms with Gasteiger partial charge in [0.2, 0.25) is 0 Å². The summed E-state index contributed by atoms with van der Waals surface area (Å²) in [7, 11) is 0.460. The molecule has 0 fully saturated rings. The molecule has 0 spiro atoms. The summed E-state index contributed by atoms with van der Waals surface area (Å²) >= 11 is 0. The van der Waals surface area contributed by atoms with Gasteiger partial charge in [0.15, 0.2) is 0 Å². The number of aliphatic hydroxyl groups is 2. The molecule has 0 aliphatic carbocycles. The Hall–Kier alpha value is 1.14. The van der Waals surface area contributed by atoms with Crippen LogP contribution < -0.4 is 0 Å². The molecule has 0 aromatic rings. The van der Waals surface area contributed by atoms with Crippen molar-refractivity contribution < 1.29 is 10.2 Å². The van der Waals surface area contributed by atoms with E-state index in [0.29, 0.717) is 10.2 Å². The Morgan fingerprint density at radius 2 is 1.40 bits per heavy atom. The Morgan fingerprint density at radius 3 is 1.40 bits per heavy atom. The van der Waals surface area contributed by atoms with E-state index < -0.39 is 5.91 Å². The van der Waals surface area contributed by atoms with Crippen LogP contribution in [0.2, 0.25) is 0 Å². The van der Waals surface area contributed by atoms with Crippen molar-refractivity contribution in [1.29, 1.82) is 0 Å². The van der Waals surface area contributed by atoms with Crippen LogP contribution in [0.15, 0.2) is 0 Å². The number of rotatable bonds is 0. The SMILES string of the molecule is OC(O)[SiH3].[NaH]. The summed E-state index contributed by atoms with van der Waals surface area (Å²) in [5.41, 5.74) is 0. The van der Waals surface area contributed by atoms with E-state index in [4.69, 9.17) is 10.2 Å². The third kappa shape index (κ3) is 39.1. The Morgan fingerprint density at radius 1 is 1.40 bits per heavy atom. The zero-order valence-corrected chi connectivity index (χ0v) is 4.47. The molecule has 0 amide bonds. The van der Waals surface area contributed by atoms with E-state index in [0.717, 1.165) is 0 Å². The monoisotopic (exact) mass is 102 g/mol. The maximum absolute atomic E-state index is 7.67. The second-order valence-electron chi connectivity index (χ2n) is 0.632. The van der Waals surface area contributed by atoms with Gasteiger partial charge in [0, 0.05) is 0 Å². The standard InChI is InChI=1S/CH6O2Si.Na.H/c2-1(3)4;;/h1-3H,4H3;;. The van der Waals surface area contributed by atoms with Crippen LogP contribution in [0.5, 0.6) is 0 Å². The molecule has 0 aromatic heterocycles. The number of aliphatic hydroxyl groups excluding tert-OH is 1. The second-order valence-corrected chi connectivity index (χ2v) is 1.66. The third-order valence-electron chi connectivity index (χ3n) is 0. The summed E-state index contributed by atoms with van der Waals surface area (Å²) in [5, 5.41) is 15.3. The molecular weight excluding hydrogens is 95.1 g/mol. The average molecular weight is 102 g/mol. The topological polar surface area (TPSA) is 40.5 Å². The van der Waals surface area contributed by atoms with Crippen molar-refractivity contribution in [2.24, 2.45) is 0 Å². The van der Waals surface area contributed by atoms with Crippen LogP contribution in [0.4, 0.5) is 0 Å². The summed E-state index contributed by atoms with van der Waals surface area (Å²) < 4.78 is 0. The second kappa shape index (κ2) is 5.14. The molecule has 0 saturated carbocycles. The van der Waals surface area contributed by atoms with Gasteiger partial charge in [-0.2, -0.15) is 0 Å². The van der Waals surface area contributed by atoms with Gasteiger partial charge in [-0.05, 0) is 0 Å². The van der Waals surface area contributed by atoms with Crippen LogP contribution in [0.3, 0.4) is 0 Å². The van der Waals surface area contributed by atoms with Crippen LogP contribution in [-0.2, 0) is 0 Å². The first kappa shape index (κ1) is 9.46. The van der Waals surface area contributed by atoms with Crippen molar-refractivity contribution in [3.63, 3.8) is 0 Å². The Labute approximate surface area is 55.9 Å². The summed E-state index contributed by atoms with van der Waals surface area (Å²) in [6.07, 6.45) is 0. The molecule has 28 valence electrons. The molecule has 0 heterocycles. The number of hydrogen-bond donors (Lipinski definition) is 2. The van der Waals surface area contributed by atoms with Gasteiger partial charge in [0.25, 0.3) is 0 Å². The zero-order chi connectivity index (χ0) is 3.58. The molecule has 5 heavy (non-hydrogen) atoms. The fourth-order valence-electron chi connectivity index (χ4n) is 0. The predicted molar refractivity (Wildman–Crippen MR) is 25.3 cm³/mol. The van der Waals surface area contributed by atoms with Gasteiger partial charge in [0.05, 0.1) is 10.2 Å². The van der Waals surface area contributed by atoms with E-state index in [-0.39, 0.29) is 29.6 Å². The minimum atomic E-state index is -1.03. The van der Waals surface area contributed by atoms with E-state index >= 15 is 0 Å². The van der Waals surface area contributed by atoms with Crippen molar-refractivity contribution in [3.05, 3.63) is 0 Å². The van der Waals surface area contributed by atoms with Gasteiger partial charge in [-0.3, -0.25) is 0 Å². The molecule has 0 aliphatic rings. The molecule has 0 saturated heterocycles. The van der Waals surface area contributed by atoms with Gasteiger partial charge in [-0.15, -0.1) is 0 Å². The van der Waals surface area contributed by atoms with Gasteiger partial charge in [-0.1, -0.05) is 0 Å². The van der Waals surface area contributed by atoms with E-state index in [2.05, 4.69) is 0 Å². The fraction of sp³-hybridized carbons (Fsp3) is 1.00. The van der Waals surface area contributed by atoms with Crippen molar-refractivity contribution in [2.45, 2.75) is 5.91 Å². The average Bonchev–Trinajstić information content (AvgIpc) is 0.811. The summed E-state index contributed by atoms with van der Waals surface area (Å²) in [4.78, 5) is 0. The molecule has 2 nitrogen and oxygen atoms in total. The van der Waals surface area contributed by atoms with Crippen LogP contribution in [0.25, 0.3) is 0 Å². The molecule has 2 N–H and O–H groups in total. The van der Waals surface area contributed by atoms with Crippen LogP contribution in [0, 0.1) is 0 Å². The van der Waals surface area contributed by atoms with Crippen molar-refractivity contribution >= 4 is 39.8 Å². The van der Waals surface area contributed by atoms with Gasteiger partial charge in [0.1, 0.15) is 5.91 Å². The maximum atomic E-state index is 7.67. The van der Waals surface area contributed by atoms with Crippen LogP contribution in [0.1, 0.15) is 0 Å². The van der Waals surface area contributed by atoms with Crippen molar-refractivity contribution in [2.75, 3.05) is 0 Å². The van der Waals surface area contributed by atoms with Crippen molar-refractivity contribution in [1.82, 2.24) is 0 Å². The molecule has 4 heteroatoms. The quantitative estimate of drug-likeness (QED) is 0.252. The van der Waals surface area contributed by atoms with Gasteiger partial charge < -0.3 is 10.2 Å². The Bertz CT molecular complexity index is 14.4. The molecule has 0 rings (SSSR count). The first-order chi connectivity index (χ1) is 1.73. The Kier molecular flexibility index (Phi) is 9.72. The predicted octanol–water partition coefficient (Wildman–Crippen LogP) is -3.03. The molecule has 0 bridgehead atoms. The molecule has 0 atom stereocenters. The summed E-state index contributed by atoms with van der Waals surface area (Å²) in [5.74, 6) is -1.03. The van der Waals surface area contributed by atoms with Crippen molar-refractivity contribution in [3.8, 4) is 0 Å². The van der Waals surface area contributed by atoms with E-state index in [9.17, 15) is 0 Å². The summed E-state index contributed by atoms with van der Waals surface area (Å²) in [6, 6.07) is 0. The zero-order valence-electron chi connectivity index (χ0n) is 2.47. The number of hydrogen-bond acceptors (Lipinski definition) is 2. The molecule has 0 unspecified atom stereocenters. The van der Waals surface area contributed by atoms with Crippen LogP contribution in [-0.4, -0.2) is 55.9 Å². The van der Waals surface area contributed by atoms with E-state index in [1.165, 1.54) is 0 Å². The van der Waals surface area contributed by atoms with Crippen LogP contribution >= 0.6 is 0 Å². The molecule has 0 radical (unpaired) electrons. The first-order valence-corrected chi connectivity index (χ1v) is 2.25. The molecular formula is CH7NaO2Si. The molecule has 0 aromatic carbocycles. The molecule has 0 aliphatic heterocycles. The van der Waals surface area contributed by atoms with Gasteiger partial charge in [-0.25, -0.2) is 0 Å².